The fourth-order valence-corrected chi connectivity index (χ4v) is 4.66. The van der Waals surface area contributed by atoms with E-state index in [0.717, 1.165) is 38.2 Å². The molecule has 0 bridgehead atoms. The van der Waals surface area contributed by atoms with Crippen molar-refractivity contribution in [3.8, 4) is 0 Å². The zero-order valence-electron chi connectivity index (χ0n) is 15.8. The Hall–Kier alpha value is -2.62. The zero-order chi connectivity index (χ0) is 19.7. The molecule has 0 spiro atoms. The van der Waals surface area contributed by atoms with E-state index in [1.54, 1.807) is 17.4 Å². The average molecular weight is 406 g/mol. The fraction of sp³-hybridized carbons (Fsp3) is 0.125. The maximum atomic E-state index is 13.2. The summed E-state index contributed by atoms with van der Waals surface area (Å²) in [5.74, 6) is -0.0752. The first-order valence-electron chi connectivity index (χ1n) is 9.15. The molecule has 3 aromatic carbocycles. The van der Waals surface area contributed by atoms with Gasteiger partial charge in [0.2, 0.25) is 0 Å². The third-order valence-electron chi connectivity index (χ3n) is 4.84. The normalized spacial score (nSPS) is 11.0. The van der Waals surface area contributed by atoms with E-state index in [1.807, 2.05) is 31.2 Å². The van der Waals surface area contributed by atoms with Gasteiger partial charge >= 0.3 is 0 Å². The van der Waals surface area contributed by atoms with Crippen LogP contribution in [-0.2, 0) is 6.42 Å². The van der Waals surface area contributed by atoms with Gasteiger partial charge in [-0.3, -0.25) is 4.79 Å². The number of thiophene rings is 1. The number of anilines is 1. The van der Waals surface area contributed by atoms with Crippen molar-refractivity contribution in [2.45, 2.75) is 20.3 Å². The van der Waals surface area contributed by atoms with Gasteiger partial charge in [-0.2, -0.15) is 0 Å². The molecule has 4 heteroatoms. The van der Waals surface area contributed by atoms with Gasteiger partial charge < -0.3 is 5.32 Å². The molecular formula is C24H20ClNOS. The van der Waals surface area contributed by atoms with Crippen LogP contribution in [0.15, 0.2) is 66.7 Å². The predicted molar refractivity (Wildman–Crippen MR) is 120 cm³/mol. The van der Waals surface area contributed by atoms with E-state index in [-0.39, 0.29) is 5.91 Å². The number of nitrogens with one attached hydrogen (secondary N) is 1. The van der Waals surface area contributed by atoms with Gasteiger partial charge in [-0.1, -0.05) is 59.6 Å². The first kappa shape index (κ1) is 18.7. The van der Waals surface area contributed by atoms with Gasteiger partial charge in [0, 0.05) is 15.4 Å². The third-order valence-corrected chi connectivity index (χ3v) is 6.29. The number of hydrogen-bond donors (Lipinski definition) is 1. The number of carbonyl (C=O) groups excluding carboxylic acids is 1. The summed E-state index contributed by atoms with van der Waals surface area (Å²) in [5, 5.41) is 4.87. The Labute approximate surface area is 173 Å². The van der Waals surface area contributed by atoms with Crippen LogP contribution in [0.5, 0.6) is 0 Å². The molecule has 140 valence electrons. The molecule has 0 saturated heterocycles. The van der Waals surface area contributed by atoms with Gasteiger partial charge in [0.1, 0.15) is 0 Å². The molecule has 28 heavy (non-hydrogen) atoms. The Morgan fingerprint density at radius 2 is 1.75 bits per heavy atom. The van der Waals surface area contributed by atoms with Crippen molar-refractivity contribution < 1.29 is 4.79 Å². The second-order valence-corrected chi connectivity index (χ2v) is 8.47. The summed E-state index contributed by atoms with van der Waals surface area (Å²) in [7, 11) is 0. The van der Waals surface area contributed by atoms with E-state index in [9.17, 15) is 4.79 Å². The van der Waals surface area contributed by atoms with E-state index in [2.05, 4.69) is 48.6 Å². The number of carbonyl (C=O) groups is 1. The highest BCUT2D eigenvalue weighted by Crippen LogP contribution is 2.34. The SMILES string of the molecule is Cc1ccc(Cc2c(C(=O)Nc3ccc(Cl)cc3C)sc3ccccc23)cc1. The molecule has 0 saturated carbocycles. The molecule has 0 unspecified atom stereocenters. The van der Waals surface area contributed by atoms with Crippen molar-refractivity contribution in [1.82, 2.24) is 0 Å². The van der Waals surface area contributed by atoms with Crippen molar-refractivity contribution in [2.75, 3.05) is 5.32 Å². The number of fused-ring (bicyclic) bond motifs is 1. The number of rotatable bonds is 4. The monoisotopic (exact) mass is 405 g/mol. The minimum atomic E-state index is -0.0752. The van der Waals surface area contributed by atoms with Gasteiger partial charge in [0.25, 0.3) is 5.91 Å². The molecule has 0 atom stereocenters. The van der Waals surface area contributed by atoms with E-state index in [0.29, 0.717) is 5.02 Å². The summed E-state index contributed by atoms with van der Waals surface area (Å²) in [4.78, 5) is 13.9. The largest absolute Gasteiger partial charge is 0.321 e. The topological polar surface area (TPSA) is 29.1 Å². The summed E-state index contributed by atoms with van der Waals surface area (Å²) in [5.41, 5.74) is 5.24. The Kier molecular flexibility index (Phi) is 5.21. The summed E-state index contributed by atoms with van der Waals surface area (Å²) in [6, 6.07) is 22.2. The average Bonchev–Trinajstić information content (AvgIpc) is 3.04. The predicted octanol–water partition coefficient (Wildman–Crippen LogP) is 7.01. The van der Waals surface area contributed by atoms with Gasteiger partial charge in [-0.05, 0) is 66.6 Å². The molecule has 1 N–H and O–H groups in total. The van der Waals surface area contributed by atoms with Gasteiger partial charge in [-0.15, -0.1) is 11.3 Å². The lowest BCUT2D eigenvalue weighted by Crippen LogP contribution is -2.13. The molecule has 0 aliphatic rings. The van der Waals surface area contributed by atoms with Crippen LogP contribution in [0, 0.1) is 13.8 Å². The molecular weight excluding hydrogens is 386 g/mol. The molecule has 4 rings (SSSR count). The third kappa shape index (κ3) is 3.82. The first-order valence-corrected chi connectivity index (χ1v) is 10.3. The molecule has 0 aliphatic carbocycles. The van der Waals surface area contributed by atoms with E-state index in [4.69, 9.17) is 11.6 Å². The molecule has 0 fully saturated rings. The minimum Gasteiger partial charge on any atom is -0.321 e. The lowest BCUT2D eigenvalue weighted by atomic mass is 10.0. The zero-order valence-corrected chi connectivity index (χ0v) is 17.3. The van der Waals surface area contributed by atoms with Crippen molar-refractivity contribution in [3.63, 3.8) is 0 Å². The van der Waals surface area contributed by atoms with Crippen LogP contribution < -0.4 is 5.32 Å². The fourth-order valence-electron chi connectivity index (χ4n) is 3.31. The molecule has 1 heterocycles. The molecule has 0 radical (unpaired) electrons. The second-order valence-electron chi connectivity index (χ2n) is 6.98. The Bertz CT molecular complexity index is 1160. The number of halogens is 1. The van der Waals surface area contributed by atoms with Crippen LogP contribution in [-0.4, -0.2) is 5.91 Å². The number of aryl methyl sites for hydroxylation is 2. The van der Waals surface area contributed by atoms with Crippen LogP contribution in [0.1, 0.15) is 31.9 Å². The standard InChI is InChI=1S/C24H20ClNOS/c1-15-7-9-17(10-8-15)14-20-19-5-3-4-6-22(19)28-23(20)24(27)26-21-12-11-18(25)13-16(21)2/h3-13H,14H2,1-2H3,(H,26,27). The number of hydrogen-bond acceptors (Lipinski definition) is 2. The maximum Gasteiger partial charge on any atom is 0.266 e. The van der Waals surface area contributed by atoms with Crippen LogP contribution in [0.3, 0.4) is 0 Å². The summed E-state index contributed by atoms with van der Waals surface area (Å²) in [6.45, 7) is 4.02. The van der Waals surface area contributed by atoms with Gasteiger partial charge in [-0.25, -0.2) is 0 Å². The maximum absolute atomic E-state index is 13.2. The highest BCUT2D eigenvalue weighted by molar-refractivity contribution is 7.21. The Morgan fingerprint density at radius 3 is 2.50 bits per heavy atom. The van der Waals surface area contributed by atoms with Crippen molar-refractivity contribution in [1.29, 1.82) is 0 Å². The minimum absolute atomic E-state index is 0.0752. The Balaban J connectivity index is 1.73. The second kappa shape index (κ2) is 7.78. The van der Waals surface area contributed by atoms with E-state index < -0.39 is 0 Å². The van der Waals surface area contributed by atoms with Crippen LogP contribution in [0.2, 0.25) is 5.02 Å². The molecule has 4 aromatic rings. The Morgan fingerprint density at radius 1 is 1.00 bits per heavy atom. The highest BCUT2D eigenvalue weighted by Gasteiger charge is 2.19. The van der Waals surface area contributed by atoms with Crippen molar-refractivity contribution >= 4 is 44.6 Å². The van der Waals surface area contributed by atoms with Gasteiger partial charge in [0.15, 0.2) is 0 Å². The quantitative estimate of drug-likeness (QED) is 0.388. The summed E-state index contributed by atoms with van der Waals surface area (Å²) >= 11 is 7.58. The van der Waals surface area contributed by atoms with Crippen LogP contribution in [0.25, 0.3) is 10.1 Å². The molecule has 1 amide bonds. The van der Waals surface area contributed by atoms with Crippen molar-refractivity contribution in [3.05, 3.63) is 98.9 Å². The smallest absolute Gasteiger partial charge is 0.266 e. The number of benzene rings is 3. The van der Waals surface area contributed by atoms with Crippen LogP contribution >= 0.6 is 22.9 Å². The van der Waals surface area contributed by atoms with Crippen molar-refractivity contribution in [2.24, 2.45) is 0 Å². The molecule has 0 aliphatic heterocycles. The summed E-state index contributed by atoms with van der Waals surface area (Å²) in [6.07, 6.45) is 0.729. The summed E-state index contributed by atoms with van der Waals surface area (Å²) < 4.78 is 1.13. The lowest BCUT2D eigenvalue weighted by Gasteiger charge is -2.10. The van der Waals surface area contributed by atoms with Crippen LogP contribution in [0.4, 0.5) is 5.69 Å². The number of amides is 1. The molecule has 1 aromatic heterocycles. The van der Waals surface area contributed by atoms with Gasteiger partial charge in [0.05, 0.1) is 4.88 Å². The van der Waals surface area contributed by atoms with E-state index in [1.165, 1.54) is 11.1 Å². The lowest BCUT2D eigenvalue weighted by molar-refractivity contribution is 0.103. The first-order chi connectivity index (χ1) is 13.5. The highest BCUT2D eigenvalue weighted by atomic mass is 35.5. The van der Waals surface area contributed by atoms with E-state index >= 15 is 0 Å². The molecule has 2 nitrogen and oxygen atoms in total.